The van der Waals surface area contributed by atoms with Crippen molar-refractivity contribution in [2.24, 2.45) is 0 Å². The predicted molar refractivity (Wildman–Crippen MR) is 76.4 cm³/mol. The molecule has 0 aliphatic heterocycles. The Bertz CT molecular complexity index is 558. The normalized spacial score (nSPS) is 13.4. The van der Waals surface area contributed by atoms with E-state index < -0.39 is 22.4 Å². The van der Waals surface area contributed by atoms with Crippen LogP contribution in [-0.4, -0.2) is 19.6 Å². The van der Waals surface area contributed by atoms with E-state index in [0.717, 1.165) is 25.3 Å². The van der Waals surface area contributed by atoms with Gasteiger partial charge in [0.15, 0.2) is 0 Å². The molecule has 0 aliphatic carbocycles. The molecule has 0 amide bonds. The number of nitrogens with one attached hydrogen (secondary N) is 1. The summed E-state index contributed by atoms with van der Waals surface area (Å²) in [6.45, 7) is 4.84. The topological polar surface area (TPSA) is 66.4 Å². The highest BCUT2D eigenvalue weighted by atomic mass is 32.2. The van der Waals surface area contributed by atoms with Gasteiger partial charge in [-0.1, -0.05) is 19.8 Å². The Morgan fingerprint density at radius 1 is 1.40 bits per heavy atom. The molecule has 0 bridgehead atoms. The number of aliphatic hydroxyl groups excluding tert-OH is 1. The molecule has 0 fully saturated rings. The number of benzene rings is 1. The van der Waals surface area contributed by atoms with Gasteiger partial charge in [-0.25, -0.2) is 17.5 Å². The van der Waals surface area contributed by atoms with E-state index in [1.54, 1.807) is 6.92 Å². The van der Waals surface area contributed by atoms with Crippen molar-refractivity contribution < 1.29 is 17.9 Å². The molecular weight excluding hydrogens is 281 g/mol. The first-order chi connectivity index (χ1) is 9.31. The Kier molecular flexibility index (Phi) is 6.10. The molecule has 0 spiro atoms. The van der Waals surface area contributed by atoms with Crippen molar-refractivity contribution in [2.45, 2.75) is 57.6 Å². The van der Waals surface area contributed by atoms with Gasteiger partial charge in [0.1, 0.15) is 5.82 Å². The molecule has 0 heterocycles. The van der Waals surface area contributed by atoms with Gasteiger partial charge in [0.25, 0.3) is 0 Å². The zero-order valence-electron chi connectivity index (χ0n) is 12.1. The standard InChI is InChI=1S/C14H22FNO3S/c1-4-5-6-10(2)16-20(18,19)14-8-12(9-17)7-13(15)11(14)3/h7-8,10,16-17H,4-6,9H2,1-3H3. The summed E-state index contributed by atoms with van der Waals surface area (Å²) in [4.78, 5) is -0.107. The summed E-state index contributed by atoms with van der Waals surface area (Å²) in [6, 6.07) is 2.25. The SMILES string of the molecule is CCCCC(C)NS(=O)(=O)c1cc(CO)cc(F)c1C. The fraction of sp³-hybridized carbons (Fsp3) is 0.571. The third-order valence-electron chi connectivity index (χ3n) is 3.18. The van der Waals surface area contributed by atoms with Crippen molar-refractivity contribution in [2.75, 3.05) is 0 Å². The Labute approximate surface area is 120 Å². The van der Waals surface area contributed by atoms with Gasteiger partial charge in [-0.05, 0) is 38.0 Å². The Hall–Kier alpha value is -0.980. The number of hydrogen-bond donors (Lipinski definition) is 2. The Balaban J connectivity index is 3.06. The van der Waals surface area contributed by atoms with Crippen LogP contribution in [0.15, 0.2) is 17.0 Å². The minimum atomic E-state index is -3.78. The van der Waals surface area contributed by atoms with Crippen LogP contribution in [0, 0.1) is 12.7 Å². The molecule has 1 rings (SSSR count). The maximum Gasteiger partial charge on any atom is 0.241 e. The highest BCUT2D eigenvalue weighted by Crippen LogP contribution is 2.21. The molecule has 20 heavy (non-hydrogen) atoms. The van der Waals surface area contributed by atoms with Crippen LogP contribution in [0.5, 0.6) is 0 Å². The maximum atomic E-state index is 13.7. The number of aliphatic hydroxyl groups is 1. The summed E-state index contributed by atoms with van der Waals surface area (Å²) in [6.07, 6.45) is 2.64. The number of halogens is 1. The van der Waals surface area contributed by atoms with Gasteiger partial charge in [-0.3, -0.25) is 0 Å². The van der Waals surface area contributed by atoms with E-state index in [2.05, 4.69) is 4.72 Å². The lowest BCUT2D eigenvalue weighted by molar-refractivity contribution is 0.281. The van der Waals surface area contributed by atoms with Crippen LogP contribution >= 0.6 is 0 Å². The second-order valence-corrected chi connectivity index (χ2v) is 6.71. The van der Waals surface area contributed by atoms with Gasteiger partial charge >= 0.3 is 0 Å². The van der Waals surface area contributed by atoms with E-state index >= 15 is 0 Å². The third kappa shape index (κ3) is 4.26. The summed E-state index contributed by atoms with van der Waals surface area (Å²) >= 11 is 0. The first kappa shape index (κ1) is 17.1. The van der Waals surface area contributed by atoms with Crippen LogP contribution in [0.1, 0.15) is 44.2 Å². The average Bonchev–Trinajstić information content (AvgIpc) is 2.38. The molecule has 0 radical (unpaired) electrons. The van der Waals surface area contributed by atoms with Gasteiger partial charge in [0.2, 0.25) is 10.0 Å². The van der Waals surface area contributed by atoms with E-state index in [1.807, 2.05) is 6.92 Å². The molecule has 1 aromatic carbocycles. The minimum absolute atomic E-state index is 0.0670. The zero-order chi connectivity index (χ0) is 15.3. The molecule has 1 unspecified atom stereocenters. The minimum Gasteiger partial charge on any atom is -0.392 e. The molecule has 114 valence electrons. The number of hydrogen-bond acceptors (Lipinski definition) is 3. The first-order valence-electron chi connectivity index (χ1n) is 6.74. The second-order valence-electron chi connectivity index (χ2n) is 5.02. The number of rotatable bonds is 7. The zero-order valence-corrected chi connectivity index (χ0v) is 12.9. The molecule has 4 nitrogen and oxygen atoms in total. The van der Waals surface area contributed by atoms with E-state index in [9.17, 15) is 12.8 Å². The molecule has 0 saturated heterocycles. The van der Waals surface area contributed by atoms with Gasteiger partial charge in [0.05, 0.1) is 11.5 Å². The summed E-state index contributed by atoms with van der Waals surface area (Å²) in [5, 5.41) is 9.06. The summed E-state index contributed by atoms with van der Waals surface area (Å²) < 4.78 is 40.8. The predicted octanol–water partition coefficient (Wildman–Crippen LogP) is 2.48. The van der Waals surface area contributed by atoms with Crippen LogP contribution in [0.25, 0.3) is 0 Å². The van der Waals surface area contributed by atoms with E-state index in [1.165, 1.54) is 13.0 Å². The van der Waals surface area contributed by atoms with Crippen molar-refractivity contribution in [3.05, 3.63) is 29.1 Å². The van der Waals surface area contributed by atoms with Crippen molar-refractivity contribution in [3.8, 4) is 0 Å². The largest absolute Gasteiger partial charge is 0.392 e. The van der Waals surface area contributed by atoms with Gasteiger partial charge in [0, 0.05) is 11.6 Å². The molecular formula is C14H22FNO3S. The molecule has 6 heteroatoms. The van der Waals surface area contributed by atoms with Crippen LogP contribution in [-0.2, 0) is 16.6 Å². The maximum absolute atomic E-state index is 13.7. The fourth-order valence-electron chi connectivity index (χ4n) is 1.98. The van der Waals surface area contributed by atoms with E-state index in [0.29, 0.717) is 0 Å². The van der Waals surface area contributed by atoms with Crippen LogP contribution in [0.3, 0.4) is 0 Å². The Morgan fingerprint density at radius 2 is 2.05 bits per heavy atom. The van der Waals surface area contributed by atoms with Gasteiger partial charge < -0.3 is 5.11 Å². The Morgan fingerprint density at radius 3 is 2.60 bits per heavy atom. The van der Waals surface area contributed by atoms with Crippen molar-refractivity contribution >= 4 is 10.0 Å². The molecule has 1 aromatic rings. The van der Waals surface area contributed by atoms with Crippen molar-refractivity contribution in [3.63, 3.8) is 0 Å². The first-order valence-corrected chi connectivity index (χ1v) is 8.22. The summed E-state index contributed by atoms with van der Waals surface area (Å²) in [7, 11) is -3.78. The lowest BCUT2D eigenvalue weighted by atomic mass is 10.1. The molecule has 0 saturated carbocycles. The molecule has 0 aromatic heterocycles. The van der Waals surface area contributed by atoms with Gasteiger partial charge in [-0.15, -0.1) is 0 Å². The van der Waals surface area contributed by atoms with Crippen molar-refractivity contribution in [1.82, 2.24) is 4.72 Å². The number of sulfonamides is 1. The molecule has 1 atom stereocenters. The van der Waals surface area contributed by atoms with E-state index in [-0.39, 0.29) is 22.1 Å². The summed E-state index contributed by atoms with van der Waals surface area (Å²) in [5.41, 5.74) is 0.312. The quantitative estimate of drug-likeness (QED) is 0.813. The summed E-state index contributed by atoms with van der Waals surface area (Å²) in [5.74, 6) is -0.627. The number of unbranched alkanes of at least 4 members (excludes halogenated alkanes) is 1. The van der Waals surface area contributed by atoms with Crippen LogP contribution in [0.2, 0.25) is 0 Å². The second kappa shape index (κ2) is 7.15. The van der Waals surface area contributed by atoms with E-state index in [4.69, 9.17) is 5.11 Å². The average molecular weight is 303 g/mol. The third-order valence-corrected chi connectivity index (χ3v) is 4.89. The molecule has 0 aliphatic rings. The van der Waals surface area contributed by atoms with Gasteiger partial charge in [-0.2, -0.15) is 0 Å². The highest BCUT2D eigenvalue weighted by molar-refractivity contribution is 7.89. The van der Waals surface area contributed by atoms with Crippen LogP contribution < -0.4 is 4.72 Å². The monoisotopic (exact) mass is 303 g/mol. The fourth-order valence-corrected chi connectivity index (χ4v) is 3.56. The van der Waals surface area contributed by atoms with Crippen molar-refractivity contribution in [1.29, 1.82) is 0 Å². The lowest BCUT2D eigenvalue weighted by Gasteiger charge is -2.16. The smallest absolute Gasteiger partial charge is 0.241 e. The highest BCUT2D eigenvalue weighted by Gasteiger charge is 2.22. The van der Waals surface area contributed by atoms with Crippen LogP contribution in [0.4, 0.5) is 4.39 Å². The lowest BCUT2D eigenvalue weighted by Crippen LogP contribution is -2.33. The molecule has 2 N–H and O–H groups in total.